The van der Waals surface area contributed by atoms with E-state index < -0.39 is 4.92 Å². The number of nitro groups is 1. The van der Waals surface area contributed by atoms with Crippen molar-refractivity contribution in [2.24, 2.45) is 0 Å². The SMILES string of the molecule is CCc1cc(Sc2nnc3n2CCCCC3)nc(-c2ccc([N+](=O)[O-])cc2)n1. The molecule has 8 nitrogen and oxygen atoms in total. The van der Waals surface area contributed by atoms with Gasteiger partial charge in [-0.1, -0.05) is 13.3 Å². The number of hydrogen-bond acceptors (Lipinski definition) is 7. The summed E-state index contributed by atoms with van der Waals surface area (Å²) in [4.78, 5) is 19.7. The van der Waals surface area contributed by atoms with Crippen molar-refractivity contribution in [3.05, 3.63) is 52.0 Å². The van der Waals surface area contributed by atoms with E-state index in [-0.39, 0.29) is 5.69 Å². The summed E-state index contributed by atoms with van der Waals surface area (Å²) < 4.78 is 2.19. The highest BCUT2D eigenvalue weighted by molar-refractivity contribution is 7.99. The minimum absolute atomic E-state index is 0.0520. The van der Waals surface area contributed by atoms with Crippen molar-refractivity contribution in [2.45, 2.75) is 55.8 Å². The van der Waals surface area contributed by atoms with Crippen LogP contribution in [0.5, 0.6) is 0 Å². The average Bonchev–Trinajstić information content (AvgIpc) is 2.93. The Labute approximate surface area is 166 Å². The maximum Gasteiger partial charge on any atom is 0.269 e. The summed E-state index contributed by atoms with van der Waals surface area (Å²) in [6.07, 6.45) is 5.24. The van der Waals surface area contributed by atoms with Gasteiger partial charge in [-0.3, -0.25) is 10.1 Å². The third-order valence-corrected chi connectivity index (χ3v) is 5.63. The monoisotopic (exact) mass is 396 g/mol. The van der Waals surface area contributed by atoms with Gasteiger partial charge in [0, 0.05) is 36.4 Å². The highest BCUT2D eigenvalue weighted by atomic mass is 32.2. The molecule has 1 aromatic carbocycles. The molecule has 0 spiro atoms. The molecule has 0 unspecified atom stereocenters. The van der Waals surface area contributed by atoms with E-state index >= 15 is 0 Å². The third-order valence-electron chi connectivity index (χ3n) is 4.73. The minimum Gasteiger partial charge on any atom is -0.306 e. The Balaban J connectivity index is 1.66. The van der Waals surface area contributed by atoms with Gasteiger partial charge in [0.25, 0.3) is 5.69 Å². The van der Waals surface area contributed by atoms with Crippen molar-refractivity contribution in [2.75, 3.05) is 0 Å². The number of rotatable bonds is 5. The van der Waals surface area contributed by atoms with Crippen molar-refractivity contribution in [3.63, 3.8) is 0 Å². The predicted octanol–water partition coefficient (Wildman–Crippen LogP) is 4.08. The summed E-state index contributed by atoms with van der Waals surface area (Å²) in [7, 11) is 0. The van der Waals surface area contributed by atoms with Gasteiger partial charge in [-0.05, 0) is 49.2 Å². The number of benzene rings is 1. The van der Waals surface area contributed by atoms with E-state index in [1.54, 1.807) is 12.1 Å². The molecule has 144 valence electrons. The summed E-state index contributed by atoms with van der Waals surface area (Å²) in [6, 6.07) is 8.29. The Kier molecular flexibility index (Phi) is 5.34. The summed E-state index contributed by atoms with van der Waals surface area (Å²) in [5.41, 5.74) is 1.72. The fourth-order valence-electron chi connectivity index (χ4n) is 3.19. The second-order valence-electron chi connectivity index (χ2n) is 6.64. The first-order valence-electron chi connectivity index (χ1n) is 9.37. The van der Waals surface area contributed by atoms with Gasteiger partial charge < -0.3 is 4.57 Å². The summed E-state index contributed by atoms with van der Waals surface area (Å²) in [5.74, 6) is 1.60. The molecule has 28 heavy (non-hydrogen) atoms. The molecule has 0 atom stereocenters. The molecule has 0 amide bonds. The zero-order chi connectivity index (χ0) is 19.5. The molecular formula is C19H20N6O2S. The van der Waals surface area contributed by atoms with Crippen molar-refractivity contribution >= 4 is 17.4 Å². The molecule has 4 rings (SSSR count). The fraction of sp³-hybridized carbons (Fsp3) is 0.368. The molecule has 1 aliphatic heterocycles. The van der Waals surface area contributed by atoms with E-state index in [9.17, 15) is 10.1 Å². The third kappa shape index (κ3) is 3.89. The predicted molar refractivity (Wildman–Crippen MR) is 105 cm³/mol. The van der Waals surface area contributed by atoms with E-state index in [1.807, 2.05) is 13.0 Å². The first-order chi connectivity index (χ1) is 13.6. The summed E-state index contributed by atoms with van der Waals surface area (Å²) in [5, 5.41) is 21.2. The van der Waals surface area contributed by atoms with E-state index in [0.29, 0.717) is 5.82 Å². The largest absolute Gasteiger partial charge is 0.306 e. The maximum absolute atomic E-state index is 10.9. The van der Waals surface area contributed by atoms with E-state index in [0.717, 1.165) is 59.5 Å². The van der Waals surface area contributed by atoms with Crippen LogP contribution in [0, 0.1) is 10.1 Å². The van der Waals surface area contributed by atoms with Crippen LogP contribution in [-0.2, 0) is 19.4 Å². The Hall–Kier alpha value is -2.81. The molecule has 0 saturated heterocycles. The zero-order valence-electron chi connectivity index (χ0n) is 15.5. The standard InChI is InChI=1S/C19H20N6O2S/c1-2-14-12-17(28-19-23-22-16-6-4-3-5-11-24(16)19)21-18(20-14)13-7-9-15(10-8-13)25(26)27/h7-10,12H,2-6,11H2,1H3. The van der Waals surface area contributed by atoms with Crippen LogP contribution in [-0.4, -0.2) is 29.7 Å². The first-order valence-corrected chi connectivity index (χ1v) is 10.2. The van der Waals surface area contributed by atoms with Gasteiger partial charge in [-0.25, -0.2) is 9.97 Å². The van der Waals surface area contributed by atoms with Gasteiger partial charge in [0.15, 0.2) is 11.0 Å². The molecule has 0 radical (unpaired) electrons. The quantitative estimate of drug-likeness (QED) is 0.364. The minimum atomic E-state index is -0.411. The second kappa shape index (κ2) is 8.05. The number of aromatic nitrogens is 5. The van der Waals surface area contributed by atoms with Crippen LogP contribution in [0.4, 0.5) is 5.69 Å². The van der Waals surface area contributed by atoms with Crippen molar-refractivity contribution < 1.29 is 4.92 Å². The normalized spacial score (nSPS) is 13.8. The van der Waals surface area contributed by atoms with Gasteiger partial charge in [0.1, 0.15) is 10.9 Å². The smallest absolute Gasteiger partial charge is 0.269 e. The molecule has 0 bridgehead atoms. The molecule has 3 aromatic rings. The number of aryl methyl sites for hydroxylation is 2. The number of nitro benzene ring substituents is 1. The first kappa shape index (κ1) is 18.5. The number of hydrogen-bond donors (Lipinski definition) is 0. The zero-order valence-corrected chi connectivity index (χ0v) is 16.4. The van der Waals surface area contributed by atoms with Crippen LogP contribution in [0.25, 0.3) is 11.4 Å². The van der Waals surface area contributed by atoms with Crippen LogP contribution in [0.15, 0.2) is 40.5 Å². The Morgan fingerprint density at radius 3 is 2.71 bits per heavy atom. The molecule has 3 heterocycles. The second-order valence-corrected chi connectivity index (χ2v) is 7.63. The van der Waals surface area contributed by atoms with Crippen LogP contribution in [0.3, 0.4) is 0 Å². The number of fused-ring (bicyclic) bond motifs is 1. The fourth-order valence-corrected chi connectivity index (χ4v) is 4.10. The van der Waals surface area contributed by atoms with Gasteiger partial charge in [0.2, 0.25) is 0 Å². The number of non-ortho nitro benzene ring substituents is 1. The van der Waals surface area contributed by atoms with Crippen LogP contribution in [0.2, 0.25) is 0 Å². The van der Waals surface area contributed by atoms with Crippen molar-refractivity contribution in [3.8, 4) is 11.4 Å². The Morgan fingerprint density at radius 1 is 1.14 bits per heavy atom. The van der Waals surface area contributed by atoms with Crippen molar-refractivity contribution in [1.29, 1.82) is 0 Å². The van der Waals surface area contributed by atoms with Crippen molar-refractivity contribution in [1.82, 2.24) is 24.7 Å². The lowest BCUT2D eigenvalue weighted by atomic mass is 10.2. The lowest BCUT2D eigenvalue weighted by molar-refractivity contribution is -0.384. The molecule has 2 aromatic heterocycles. The van der Waals surface area contributed by atoms with Gasteiger partial charge in [-0.2, -0.15) is 0 Å². The topological polar surface area (TPSA) is 99.6 Å². The Morgan fingerprint density at radius 2 is 1.96 bits per heavy atom. The lowest BCUT2D eigenvalue weighted by Gasteiger charge is -2.08. The molecule has 0 fully saturated rings. The molecule has 0 N–H and O–H groups in total. The number of nitrogens with zero attached hydrogens (tertiary/aromatic N) is 6. The maximum atomic E-state index is 10.9. The molecule has 0 saturated carbocycles. The van der Waals surface area contributed by atoms with E-state index in [1.165, 1.54) is 30.3 Å². The highest BCUT2D eigenvalue weighted by Gasteiger charge is 2.17. The molecule has 9 heteroatoms. The summed E-state index contributed by atoms with van der Waals surface area (Å²) in [6.45, 7) is 2.98. The molecule has 0 aliphatic carbocycles. The molecule has 1 aliphatic rings. The summed E-state index contributed by atoms with van der Waals surface area (Å²) >= 11 is 1.49. The Bertz CT molecular complexity index is 1000. The lowest BCUT2D eigenvalue weighted by Crippen LogP contribution is -2.03. The average molecular weight is 396 g/mol. The van der Waals surface area contributed by atoms with Gasteiger partial charge in [0.05, 0.1) is 4.92 Å². The molecular weight excluding hydrogens is 376 g/mol. The van der Waals surface area contributed by atoms with Crippen LogP contribution < -0.4 is 0 Å². The van der Waals surface area contributed by atoms with Gasteiger partial charge >= 0.3 is 0 Å². The van der Waals surface area contributed by atoms with Crippen LogP contribution >= 0.6 is 11.8 Å². The van der Waals surface area contributed by atoms with E-state index in [2.05, 4.69) is 24.7 Å². The van der Waals surface area contributed by atoms with Crippen LogP contribution in [0.1, 0.15) is 37.7 Å². The van der Waals surface area contributed by atoms with E-state index in [4.69, 9.17) is 0 Å². The highest BCUT2D eigenvalue weighted by Crippen LogP contribution is 2.29. The van der Waals surface area contributed by atoms with Gasteiger partial charge in [-0.15, -0.1) is 10.2 Å².